The molecule has 0 fully saturated rings. The molecule has 0 unspecified atom stereocenters. The average Bonchev–Trinajstić information content (AvgIpc) is 3.03. The second kappa shape index (κ2) is 6.15. The monoisotopic (exact) mass is 306 g/mol. The number of methoxy groups -OCH3 is 1. The van der Waals surface area contributed by atoms with Crippen LogP contribution in [-0.4, -0.2) is 27.3 Å². The van der Waals surface area contributed by atoms with Crippen LogP contribution in [0.15, 0.2) is 36.7 Å². The first-order valence-electron chi connectivity index (χ1n) is 6.89. The number of benzene rings is 1. The largest absolute Gasteiger partial charge is 0.496 e. The Kier molecular flexibility index (Phi) is 3.89. The number of aryl methyl sites for hydroxylation is 1. The highest BCUT2D eigenvalue weighted by Gasteiger charge is 2.10. The molecule has 0 radical (unpaired) electrons. The van der Waals surface area contributed by atoms with Gasteiger partial charge in [-0.15, -0.1) is 0 Å². The minimum absolute atomic E-state index is 0.266. The molecule has 0 aliphatic carbocycles. The lowest BCUT2D eigenvalue weighted by Gasteiger charge is -2.07. The minimum Gasteiger partial charge on any atom is -0.496 e. The summed E-state index contributed by atoms with van der Waals surface area (Å²) in [5, 5.41) is 18.9. The summed E-state index contributed by atoms with van der Waals surface area (Å²) in [6.07, 6.45) is 2.89. The maximum atomic E-state index is 8.71. The summed E-state index contributed by atoms with van der Waals surface area (Å²) in [5.74, 6) is 1.89. The number of rotatable bonds is 4. The van der Waals surface area contributed by atoms with E-state index in [1.54, 1.807) is 7.11 Å². The fourth-order valence-corrected chi connectivity index (χ4v) is 2.13. The van der Waals surface area contributed by atoms with Crippen molar-refractivity contribution in [3.05, 3.63) is 47.9 Å². The molecule has 0 aliphatic rings. The Morgan fingerprint density at radius 3 is 2.74 bits per heavy atom. The number of aromatic nitrogens is 4. The SMILES string of the molecule is COc1cc(C)ccc1-c1cc(Nc2cnc(C#N)cn2)n[nH]1. The van der Waals surface area contributed by atoms with E-state index in [0.29, 0.717) is 11.6 Å². The van der Waals surface area contributed by atoms with Gasteiger partial charge in [-0.25, -0.2) is 9.97 Å². The van der Waals surface area contributed by atoms with Gasteiger partial charge in [-0.05, 0) is 24.6 Å². The summed E-state index contributed by atoms with van der Waals surface area (Å²) < 4.78 is 5.41. The van der Waals surface area contributed by atoms with Crippen molar-refractivity contribution < 1.29 is 4.74 Å². The summed E-state index contributed by atoms with van der Waals surface area (Å²) in [4.78, 5) is 8.05. The van der Waals surface area contributed by atoms with Crippen LogP contribution in [0.1, 0.15) is 11.3 Å². The van der Waals surface area contributed by atoms with E-state index in [2.05, 4.69) is 25.5 Å². The van der Waals surface area contributed by atoms with Crippen molar-refractivity contribution in [3.63, 3.8) is 0 Å². The number of ether oxygens (including phenoxy) is 1. The zero-order valence-electron chi connectivity index (χ0n) is 12.7. The van der Waals surface area contributed by atoms with E-state index in [-0.39, 0.29) is 5.69 Å². The molecule has 0 saturated heterocycles. The standard InChI is InChI=1S/C16H14N6O/c1-10-3-4-12(14(5-10)23-2)13-6-15(22-21-13)20-16-9-18-11(7-17)8-19-16/h3-6,8-9H,1-2H3,(H2,19,20,21,22). The predicted octanol–water partition coefficient (Wildman–Crippen LogP) is 2.80. The summed E-state index contributed by atoms with van der Waals surface area (Å²) in [6.45, 7) is 2.01. The number of hydrogen-bond donors (Lipinski definition) is 2. The molecule has 114 valence electrons. The van der Waals surface area contributed by atoms with Crippen LogP contribution in [0.25, 0.3) is 11.3 Å². The molecular weight excluding hydrogens is 292 g/mol. The second-order valence-corrected chi connectivity index (χ2v) is 4.89. The minimum atomic E-state index is 0.266. The van der Waals surface area contributed by atoms with E-state index in [0.717, 1.165) is 22.6 Å². The molecule has 7 nitrogen and oxygen atoms in total. The Hall–Kier alpha value is -3.40. The van der Waals surface area contributed by atoms with E-state index in [4.69, 9.17) is 10.00 Å². The molecule has 2 N–H and O–H groups in total. The highest BCUT2D eigenvalue weighted by molar-refractivity contribution is 5.70. The summed E-state index contributed by atoms with van der Waals surface area (Å²) in [5.41, 5.74) is 3.13. The number of nitrogens with zero attached hydrogens (tertiary/aromatic N) is 4. The Bertz CT molecular complexity index is 863. The molecule has 0 amide bonds. The van der Waals surface area contributed by atoms with Gasteiger partial charge in [0.15, 0.2) is 11.5 Å². The van der Waals surface area contributed by atoms with Gasteiger partial charge in [0.1, 0.15) is 17.6 Å². The molecule has 23 heavy (non-hydrogen) atoms. The van der Waals surface area contributed by atoms with Gasteiger partial charge in [-0.3, -0.25) is 5.10 Å². The molecule has 3 aromatic rings. The van der Waals surface area contributed by atoms with Gasteiger partial charge in [0.25, 0.3) is 0 Å². The van der Waals surface area contributed by atoms with Gasteiger partial charge < -0.3 is 10.1 Å². The number of aromatic amines is 1. The molecule has 0 spiro atoms. The van der Waals surface area contributed by atoms with Gasteiger partial charge in [0.2, 0.25) is 0 Å². The van der Waals surface area contributed by atoms with Crippen LogP contribution in [0.5, 0.6) is 5.75 Å². The molecular formula is C16H14N6O. The number of nitrogens with one attached hydrogen (secondary N) is 2. The van der Waals surface area contributed by atoms with Crippen LogP contribution in [-0.2, 0) is 0 Å². The van der Waals surface area contributed by atoms with E-state index in [9.17, 15) is 0 Å². The third-order valence-corrected chi connectivity index (χ3v) is 3.25. The smallest absolute Gasteiger partial charge is 0.158 e. The summed E-state index contributed by atoms with van der Waals surface area (Å²) in [6, 6.07) is 9.74. The molecule has 2 heterocycles. The van der Waals surface area contributed by atoms with E-state index in [1.807, 2.05) is 37.3 Å². The van der Waals surface area contributed by atoms with Gasteiger partial charge >= 0.3 is 0 Å². The van der Waals surface area contributed by atoms with Crippen LogP contribution < -0.4 is 10.1 Å². The van der Waals surface area contributed by atoms with Gasteiger partial charge in [-0.2, -0.15) is 10.4 Å². The number of anilines is 2. The molecule has 0 bridgehead atoms. The molecule has 0 saturated carbocycles. The molecule has 1 aromatic carbocycles. The van der Waals surface area contributed by atoms with Crippen molar-refractivity contribution in [1.29, 1.82) is 5.26 Å². The van der Waals surface area contributed by atoms with E-state index < -0.39 is 0 Å². The van der Waals surface area contributed by atoms with Crippen molar-refractivity contribution >= 4 is 11.6 Å². The summed E-state index contributed by atoms with van der Waals surface area (Å²) in [7, 11) is 1.64. The van der Waals surface area contributed by atoms with Gasteiger partial charge in [0.05, 0.1) is 25.2 Å². The van der Waals surface area contributed by atoms with Crippen LogP contribution >= 0.6 is 0 Å². The quantitative estimate of drug-likeness (QED) is 0.769. The summed E-state index contributed by atoms with van der Waals surface area (Å²) >= 11 is 0. The lowest BCUT2D eigenvalue weighted by molar-refractivity contribution is 0.416. The predicted molar refractivity (Wildman–Crippen MR) is 85.3 cm³/mol. The first kappa shape index (κ1) is 14.5. The second-order valence-electron chi connectivity index (χ2n) is 4.89. The van der Waals surface area contributed by atoms with E-state index >= 15 is 0 Å². The number of nitriles is 1. The topological polar surface area (TPSA) is 99.5 Å². The van der Waals surface area contributed by atoms with E-state index in [1.165, 1.54) is 12.4 Å². The van der Waals surface area contributed by atoms with Gasteiger partial charge in [0, 0.05) is 11.6 Å². The Morgan fingerprint density at radius 2 is 2.04 bits per heavy atom. The molecule has 7 heteroatoms. The van der Waals surface area contributed by atoms with Crippen LogP contribution in [0.2, 0.25) is 0 Å². The zero-order chi connectivity index (χ0) is 16.2. The molecule has 2 aromatic heterocycles. The molecule has 3 rings (SSSR count). The number of H-pyrrole nitrogens is 1. The van der Waals surface area contributed by atoms with Crippen molar-refractivity contribution in [2.24, 2.45) is 0 Å². The highest BCUT2D eigenvalue weighted by Crippen LogP contribution is 2.30. The van der Waals surface area contributed by atoms with Crippen LogP contribution in [0.4, 0.5) is 11.6 Å². The average molecular weight is 306 g/mol. The zero-order valence-corrected chi connectivity index (χ0v) is 12.7. The Balaban J connectivity index is 1.84. The molecule has 0 atom stereocenters. The lowest BCUT2D eigenvalue weighted by atomic mass is 10.1. The first-order chi connectivity index (χ1) is 11.2. The first-order valence-corrected chi connectivity index (χ1v) is 6.89. The Morgan fingerprint density at radius 1 is 1.17 bits per heavy atom. The van der Waals surface area contributed by atoms with Crippen molar-refractivity contribution in [2.75, 3.05) is 12.4 Å². The maximum Gasteiger partial charge on any atom is 0.158 e. The van der Waals surface area contributed by atoms with Crippen molar-refractivity contribution in [2.45, 2.75) is 6.92 Å². The normalized spacial score (nSPS) is 10.1. The fraction of sp³-hybridized carbons (Fsp3) is 0.125. The maximum absolute atomic E-state index is 8.71. The van der Waals surface area contributed by atoms with Crippen LogP contribution in [0, 0.1) is 18.3 Å². The fourth-order valence-electron chi connectivity index (χ4n) is 2.13. The van der Waals surface area contributed by atoms with Crippen molar-refractivity contribution in [1.82, 2.24) is 20.2 Å². The molecule has 0 aliphatic heterocycles. The van der Waals surface area contributed by atoms with Crippen molar-refractivity contribution in [3.8, 4) is 23.1 Å². The van der Waals surface area contributed by atoms with Gasteiger partial charge in [-0.1, -0.05) is 6.07 Å². The highest BCUT2D eigenvalue weighted by atomic mass is 16.5. The van der Waals surface area contributed by atoms with Crippen LogP contribution in [0.3, 0.4) is 0 Å². The number of hydrogen-bond acceptors (Lipinski definition) is 6. The third kappa shape index (κ3) is 3.11. The third-order valence-electron chi connectivity index (χ3n) is 3.25. The lowest BCUT2D eigenvalue weighted by Crippen LogP contribution is -1.95. The Labute approximate surface area is 133 Å².